The molecule has 1 rings (SSSR count). The Balaban J connectivity index is 2.42. The third-order valence-electron chi connectivity index (χ3n) is 1.99. The number of nitrogens with zero attached hydrogens (tertiary/aromatic N) is 4. The number of nitrogens with one attached hydrogen (secondary N) is 1. The van der Waals surface area contributed by atoms with Gasteiger partial charge in [-0.2, -0.15) is 0 Å². The molecule has 0 aliphatic rings. The predicted molar refractivity (Wildman–Crippen MR) is 61.3 cm³/mol. The van der Waals surface area contributed by atoms with Crippen molar-refractivity contribution in [1.82, 2.24) is 10.3 Å². The maximum absolute atomic E-state index is 10.3. The van der Waals surface area contributed by atoms with E-state index in [2.05, 4.69) is 20.3 Å². The number of azide groups is 1. The van der Waals surface area contributed by atoms with Crippen molar-refractivity contribution in [2.45, 2.75) is 13.0 Å². The number of aromatic nitrogens is 1. The molecule has 0 amide bonds. The molecule has 1 aromatic rings. The summed E-state index contributed by atoms with van der Waals surface area (Å²) in [5.74, 6) is -0.880. The Labute approximate surface area is 98.1 Å². The van der Waals surface area contributed by atoms with Gasteiger partial charge in [-0.15, -0.1) is 0 Å². The van der Waals surface area contributed by atoms with E-state index >= 15 is 0 Å². The monoisotopic (exact) mass is 235 g/mol. The van der Waals surface area contributed by atoms with E-state index in [1.165, 1.54) is 0 Å². The summed E-state index contributed by atoms with van der Waals surface area (Å²) in [7, 11) is 0. The molecular weight excluding hydrogens is 222 g/mol. The summed E-state index contributed by atoms with van der Waals surface area (Å²) >= 11 is 0. The van der Waals surface area contributed by atoms with Crippen LogP contribution >= 0.6 is 0 Å². The molecule has 7 nitrogen and oxygen atoms in total. The molecule has 1 heterocycles. The maximum Gasteiger partial charge on any atom is 0.317 e. The van der Waals surface area contributed by atoms with Crippen LogP contribution in [0, 0.1) is 0 Å². The first-order valence-electron chi connectivity index (χ1n) is 5.10. The van der Waals surface area contributed by atoms with Gasteiger partial charge in [0, 0.05) is 29.3 Å². The number of pyridine rings is 1. The molecule has 0 atom stereocenters. The smallest absolute Gasteiger partial charge is 0.317 e. The van der Waals surface area contributed by atoms with Crippen LogP contribution in [0.1, 0.15) is 11.4 Å². The molecule has 17 heavy (non-hydrogen) atoms. The topological polar surface area (TPSA) is 111 Å². The van der Waals surface area contributed by atoms with Gasteiger partial charge < -0.3 is 10.4 Å². The third-order valence-corrected chi connectivity index (χ3v) is 1.99. The molecule has 0 aromatic carbocycles. The molecule has 0 radical (unpaired) electrons. The van der Waals surface area contributed by atoms with Crippen LogP contribution < -0.4 is 5.32 Å². The Bertz CT molecular complexity index is 428. The summed E-state index contributed by atoms with van der Waals surface area (Å²) in [6, 6.07) is 5.46. The van der Waals surface area contributed by atoms with Crippen molar-refractivity contribution in [3.8, 4) is 0 Å². The number of aliphatic carboxylic acids is 1. The van der Waals surface area contributed by atoms with Crippen LogP contribution in [-0.2, 0) is 17.8 Å². The molecule has 90 valence electrons. The minimum absolute atomic E-state index is 0.0571. The van der Waals surface area contributed by atoms with E-state index in [9.17, 15) is 4.79 Å². The number of hydrogen-bond donors (Lipinski definition) is 2. The molecule has 0 saturated carbocycles. The van der Waals surface area contributed by atoms with Gasteiger partial charge in [-0.05, 0) is 17.7 Å². The highest BCUT2D eigenvalue weighted by molar-refractivity contribution is 5.68. The second-order valence-electron chi connectivity index (χ2n) is 3.33. The second kappa shape index (κ2) is 7.21. The zero-order chi connectivity index (χ0) is 12.5. The highest BCUT2D eigenvalue weighted by Gasteiger charge is 1.99. The van der Waals surface area contributed by atoms with Gasteiger partial charge >= 0.3 is 5.97 Å². The Morgan fingerprint density at radius 3 is 3.00 bits per heavy atom. The van der Waals surface area contributed by atoms with Gasteiger partial charge in [-0.25, -0.2) is 0 Å². The van der Waals surface area contributed by atoms with Gasteiger partial charge in [0.15, 0.2) is 0 Å². The fourth-order valence-corrected chi connectivity index (χ4v) is 1.27. The fraction of sp³-hybridized carbons (Fsp3) is 0.400. The van der Waals surface area contributed by atoms with Crippen molar-refractivity contribution < 1.29 is 9.90 Å². The molecule has 2 N–H and O–H groups in total. The first kappa shape index (κ1) is 13.0. The minimum Gasteiger partial charge on any atom is -0.480 e. The van der Waals surface area contributed by atoms with Gasteiger partial charge in [0.1, 0.15) is 0 Å². The highest BCUT2D eigenvalue weighted by atomic mass is 16.4. The largest absolute Gasteiger partial charge is 0.480 e. The highest BCUT2D eigenvalue weighted by Crippen LogP contribution is 2.01. The Hall–Kier alpha value is -2.11. The van der Waals surface area contributed by atoms with E-state index in [0.717, 1.165) is 5.69 Å². The quantitative estimate of drug-likeness (QED) is 0.319. The van der Waals surface area contributed by atoms with Crippen molar-refractivity contribution in [2.24, 2.45) is 5.11 Å². The van der Waals surface area contributed by atoms with E-state index in [1.54, 1.807) is 6.07 Å². The van der Waals surface area contributed by atoms with Crippen molar-refractivity contribution >= 4 is 5.97 Å². The lowest BCUT2D eigenvalue weighted by molar-refractivity contribution is -0.135. The normalized spacial score (nSPS) is 9.65. The van der Waals surface area contributed by atoms with Gasteiger partial charge in [0.25, 0.3) is 0 Å². The van der Waals surface area contributed by atoms with Crippen LogP contribution in [-0.4, -0.2) is 29.1 Å². The van der Waals surface area contributed by atoms with Crippen molar-refractivity contribution in [2.75, 3.05) is 13.1 Å². The number of rotatable bonds is 7. The van der Waals surface area contributed by atoms with Crippen LogP contribution in [0.4, 0.5) is 0 Å². The average Bonchev–Trinajstić information content (AvgIpc) is 2.32. The molecule has 0 unspecified atom stereocenters. The Morgan fingerprint density at radius 1 is 1.53 bits per heavy atom. The number of carbonyl (C=O) groups is 1. The molecule has 0 aliphatic carbocycles. The van der Waals surface area contributed by atoms with Crippen LogP contribution in [0.5, 0.6) is 0 Å². The number of hydrogen-bond acceptors (Lipinski definition) is 4. The molecule has 0 aliphatic heterocycles. The summed E-state index contributed by atoms with van der Waals surface area (Å²) in [5, 5.41) is 14.6. The van der Waals surface area contributed by atoms with Crippen molar-refractivity contribution in [1.29, 1.82) is 0 Å². The second-order valence-corrected chi connectivity index (χ2v) is 3.33. The molecule has 1 aromatic heterocycles. The Morgan fingerprint density at radius 2 is 2.29 bits per heavy atom. The summed E-state index contributed by atoms with van der Waals surface area (Å²) in [4.78, 5) is 17.2. The fourth-order valence-electron chi connectivity index (χ4n) is 1.27. The van der Waals surface area contributed by atoms with Crippen LogP contribution in [0.25, 0.3) is 10.4 Å². The zero-order valence-corrected chi connectivity index (χ0v) is 9.20. The summed E-state index contributed by atoms with van der Waals surface area (Å²) < 4.78 is 0. The summed E-state index contributed by atoms with van der Waals surface area (Å²) in [6.45, 7) is 0.718. The molecule has 0 saturated heterocycles. The van der Waals surface area contributed by atoms with Crippen LogP contribution in [0.3, 0.4) is 0 Å². The van der Waals surface area contributed by atoms with Crippen LogP contribution in [0.15, 0.2) is 23.3 Å². The van der Waals surface area contributed by atoms with E-state index in [1.807, 2.05) is 12.1 Å². The van der Waals surface area contributed by atoms with E-state index in [-0.39, 0.29) is 13.1 Å². The summed E-state index contributed by atoms with van der Waals surface area (Å²) in [6.07, 6.45) is 0.636. The van der Waals surface area contributed by atoms with E-state index in [0.29, 0.717) is 18.7 Å². The maximum atomic E-state index is 10.3. The predicted octanol–water partition coefficient (Wildman–Crippen LogP) is 1.11. The van der Waals surface area contributed by atoms with Gasteiger partial charge in [-0.3, -0.25) is 9.78 Å². The Kier molecular flexibility index (Phi) is 5.50. The standard InChI is InChI=1S/C10H13N5O2/c11-15-13-6-9-3-1-2-8(14-9)4-5-12-7-10(16)17/h1-3,12H,4-7H2,(H,16,17). The minimum atomic E-state index is -0.880. The SMILES string of the molecule is [N-]=[N+]=NCc1cccc(CCNCC(=O)O)n1. The lowest BCUT2D eigenvalue weighted by Gasteiger charge is -2.03. The first-order chi connectivity index (χ1) is 8.22. The molecule has 0 fully saturated rings. The number of carboxylic acids is 1. The average molecular weight is 235 g/mol. The third kappa shape index (κ3) is 5.50. The molecule has 7 heteroatoms. The van der Waals surface area contributed by atoms with E-state index < -0.39 is 5.97 Å². The molecule has 0 bridgehead atoms. The molecular formula is C10H13N5O2. The number of carboxylic acid groups (broad SMARTS) is 1. The van der Waals surface area contributed by atoms with Gasteiger partial charge in [0.2, 0.25) is 0 Å². The van der Waals surface area contributed by atoms with Gasteiger partial charge in [0.05, 0.1) is 13.1 Å². The first-order valence-corrected chi connectivity index (χ1v) is 5.10. The van der Waals surface area contributed by atoms with Gasteiger partial charge in [-0.1, -0.05) is 11.2 Å². The van der Waals surface area contributed by atoms with E-state index in [4.69, 9.17) is 10.6 Å². The van der Waals surface area contributed by atoms with Crippen LogP contribution in [0.2, 0.25) is 0 Å². The molecule has 0 spiro atoms. The lowest BCUT2D eigenvalue weighted by atomic mass is 10.2. The summed E-state index contributed by atoms with van der Waals surface area (Å²) in [5.41, 5.74) is 9.74. The van der Waals surface area contributed by atoms with Crippen molar-refractivity contribution in [3.63, 3.8) is 0 Å². The van der Waals surface area contributed by atoms with Crippen molar-refractivity contribution in [3.05, 3.63) is 40.0 Å². The zero-order valence-electron chi connectivity index (χ0n) is 9.20. The lowest BCUT2D eigenvalue weighted by Crippen LogP contribution is -2.24.